The van der Waals surface area contributed by atoms with Crippen molar-refractivity contribution in [2.45, 2.75) is 6.42 Å². The van der Waals surface area contributed by atoms with Gasteiger partial charge in [-0.2, -0.15) is 0 Å². The maximum atomic E-state index is 5.02. The van der Waals surface area contributed by atoms with E-state index in [0.717, 1.165) is 12.1 Å². The van der Waals surface area contributed by atoms with Gasteiger partial charge in [-0.1, -0.05) is 18.7 Å². The van der Waals surface area contributed by atoms with E-state index in [4.69, 9.17) is 4.84 Å². The lowest BCUT2D eigenvalue weighted by Crippen LogP contribution is -2.20. The third-order valence-electron chi connectivity index (χ3n) is 1.71. The first-order valence-electron chi connectivity index (χ1n) is 3.56. The lowest BCUT2D eigenvalue weighted by Gasteiger charge is -2.21. The molecule has 0 saturated carbocycles. The van der Waals surface area contributed by atoms with Gasteiger partial charge in [-0.05, 0) is 24.1 Å². The van der Waals surface area contributed by atoms with Gasteiger partial charge in [-0.3, -0.25) is 0 Å². The topological polar surface area (TPSA) is 21.3 Å². The van der Waals surface area contributed by atoms with E-state index in [1.165, 1.54) is 5.57 Å². The monoisotopic (exact) mass is 147 g/mol. The molecule has 2 nitrogen and oxygen atoms in total. The minimum Gasteiger partial charge on any atom is -0.383 e. The van der Waals surface area contributed by atoms with Gasteiger partial charge in [0.15, 0.2) is 0 Å². The molecule has 0 atom stereocenters. The van der Waals surface area contributed by atoms with Crippen molar-refractivity contribution < 1.29 is 4.84 Å². The largest absolute Gasteiger partial charge is 0.383 e. The summed E-state index contributed by atoms with van der Waals surface area (Å²) in [6.45, 7) is 3.69. The van der Waals surface area contributed by atoms with Gasteiger partial charge < -0.3 is 4.84 Å². The van der Waals surface area contributed by atoms with Crippen LogP contribution < -0.4 is 5.48 Å². The quantitative estimate of drug-likeness (QED) is 0.564. The highest BCUT2D eigenvalue weighted by Gasteiger charge is 2.12. The average molecular weight is 147 g/mol. The van der Waals surface area contributed by atoms with Gasteiger partial charge in [-0.15, -0.1) is 0 Å². The zero-order valence-corrected chi connectivity index (χ0v) is 6.13. The van der Waals surface area contributed by atoms with Crippen LogP contribution in [0.15, 0.2) is 47.9 Å². The summed E-state index contributed by atoms with van der Waals surface area (Å²) in [6.07, 6.45) is 9.02. The molecular formula is C9H9NO. The maximum Gasteiger partial charge on any atom is 0.148 e. The second-order valence-corrected chi connectivity index (χ2v) is 2.55. The fraction of sp³-hybridized carbons (Fsp3) is 0.111. The standard InChI is InChI=1S/C9H9NO/c1-7-6-8-4-2-3-5-9(8)10-11-7/h2-3,5-6,10H,1,4H2. The summed E-state index contributed by atoms with van der Waals surface area (Å²) >= 11 is 0. The molecule has 2 rings (SSSR count). The fourth-order valence-electron chi connectivity index (χ4n) is 1.16. The lowest BCUT2D eigenvalue weighted by atomic mass is 10.0. The van der Waals surface area contributed by atoms with Gasteiger partial charge in [0, 0.05) is 0 Å². The Morgan fingerprint density at radius 2 is 2.45 bits per heavy atom. The zero-order chi connectivity index (χ0) is 7.68. The van der Waals surface area contributed by atoms with Crippen LogP contribution in [-0.4, -0.2) is 0 Å². The molecule has 1 heterocycles. The molecular weight excluding hydrogens is 138 g/mol. The van der Waals surface area contributed by atoms with Gasteiger partial charge in [0.1, 0.15) is 5.76 Å². The molecule has 0 aromatic carbocycles. The highest BCUT2D eigenvalue weighted by molar-refractivity contribution is 5.41. The van der Waals surface area contributed by atoms with Crippen molar-refractivity contribution in [2.24, 2.45) is 0 Å². The highest BCUT2D eigenvalue weighted by Crippen LogP contribution is 2.22. The average Bonchev–Trinajstić information content (AvgIpc) is 2.04. The number of hydrogen-bond acceptors (Lipinski definition) is 2. The van der Waals surface area contributed by atoms with E-state index >= 15 is 0 Å². The Morgan fingerprint density at radius 3 is 3.36 bits per heavy atom. The third-order valence-corrected chi connectivity index (χ3v) is 1.71. The Balaban J connectivity index is 2.37. The van der Waals surface area contributed by atoms with Gasteiger partial charge in [-0.25, -0.2) is 5.48 Å². The fourth-order valence-corrected chi connectivity index (χ4v) is 1.16. The van der Waals surface area contributed by atoms with Crippen LogP contribution in [0.2, 0.25) is 0 Å². The summed E-state index contributed by atoms with van der Waals surface area (Å²) in [5.74, 6) is 0.674. The molecule has 0 aromatic rings. The third kappa shape index (κ3) is 1.07. The second kappa shape index (κ2) is 2.31. The van der Waals surface area contributed by atoms with Gasteiger partial charge in [0.25, 0.3) is 0 Å². The van der Waals surface area contributed by atoms with Crippen LogP contribution in [0.1, 0.15) is 6.42 Å². The molecule has 1 N–H and O–H groups in total. The van der Waals surface area contributed by atoms with Crippen molar-refractivity contribution in [1.29, 1.82) is 0 Å². The first-order chi connectivity index (χ1) is 5.36. The molecule has 0 fully saturated rings. The van der Waals surface area contributed by atoms with Crippen LogP contribution in [0.25, 0.3) is 0 Å². The normalized spacial score (nSPS) is 20.9. The molecule has 0 radical (unpaired) electrons. The molecule has 0 saturated heterocycles. The van der Waals surface area contributed by atoms with Crippen LogP contribution in [0.4, 0.5) is 0 Å². The Morgan fingerprint density at radius 1 is 1.55 bits per heavy atom. The van der Waals surface area contributed by atoms with E-state index in [1.807, 2.05) is 18.2 Å². The summed E-state index contributed by atoms with van der Waals surface area (Å²) in [5.41, 5.74) is 5.09. The molecule has 2 aliphatic rings. The molecule has 0 bridgehead atoms. The molecule has 2 heteroatoms. The van der Waals surface area contributed by atoms with Gasteiger partial charge >= 0.3 is 0 Å². The molecule has 1 aliphatic heterocycles. The summed E-state index contributed by atoms with van der Waals surface area (Å²) in [7, 11) is 0. The summed E-state index contributed by atoms with van der Waals surface area (Å²) < 4.78 is 0. The van der Waals surface area contributed by atoms with Crippen molar-refractivity contribution in [3.05, 3.63) is 47.9 Å². The Hall–Kier alpha value is -1.44. The number of allylic oxidation sites excluding steroid dienone is 5. The number of nitrogens with one attached hydrogen (secondary N) is 1. The van der Waals surface area contributed by atoms with Crippen LogP contribution in [0.5, 0.6) is 0 Å². The first-order valence-corrected chi connectivity index (χ1v) is 3.56. The van der Waals surface area contributed by atoms with Crippen LogP contribution in [0.3, 0.4) is 0 Å². The Bertz CT molecular complexity index is 284. The predicted molar refractivity (Wildman–Crippen MR) is 43.3 cm³/mol. The van der Waals surface area contributed by atoms with E-state index in [1.54, 1.807) is 0 Å². The number of hydroxylamine groups is 1. The first kappa shape index (κ1) is 6.28. The van der Waals surface area contributed by atoms with Gasteiger partial charge in [0.2, 0.25) is 0 Å². The molecule has 0 spiro atoms. The van der Waals surface area contributed by atoms with Crippen molar-refractivity contribution in [2.75, 3.05) is 0 Å². The summed E-state index contributed by atoms with van der Waals surface area (Å²) in [5, 5.41) is 0. The van der Waals surface area contributed by atoms with Gasteiger partial charge in [0.05, 0.1) is 5.70 Å². The Labute approximate surface area is 65.5 Å². The van der Waals surface area contributed by atoms with E-state index in [-0.39, 0.29) is 0 Å². The molecule has 1 aliphatic carbocycles. The zero-order valence-electron chi connectivity index (χ0n) is 6.13. The minimum atomic E-state index is 0.674. The van der Waals surface area contributed by atoms with E-state index in [0.29, 0.717) is 5.76 Å². The molecule has 11 heavy (non-hydrogen) atoms. The SMILES string of the molecule is C=C1C=C2CC=CC=C2NO1. The van der Waals surface area contributed by atoms with Crippen molar-refractivity contribution >= 4 is 0 Å². The maximum absolute atomic E-state index is 5.02. The minimum absolute atomic E-state index is 0.674. The predicted octanol–water partition coefficient (Wildman–Crippen LogP) is 1.81. The lowest BCUT2D eigenvalue weighted by molar-refractivity contribution is 0.138. The van der Waals surface area contributed by atoms with E-state index < -0.39 is 0 Å². The molecule has 0 aromatic heterocycles. The molecule has 0 unspecified atom stereocenters. The van der Waals surface area contributed by atoms with Crippen molar-refractivity contribution in [3.63, 3.8) is 0 Å². The Kier molecular flexibility index (Phi) is 1.32. The highest BCUT2D eigenvalue weighted by atomic mass is 16.6. The van der Waals surface area contributed by atoms with Crippen molar-refractivity contribution in [3.8, 4) is 0 Å². The van der Waals surface area contributed by atoms with Crippen LogP contribution in [0, 0.1) is 0 Å². The summed E-state index contributed by atoms with van der Waals surface area (Å²) in [6, 6.07) is 0. The second-order valence-electron chi connectivity index (χ2n) is 2.55. The van der Waals surface area contributed by atoms with Crippen LogP contribution >= 0.6 is 0 Å². The van der Waals surface area contributed by atoms with Crippen molar-refractivity contribution in [1.82, 2.24) is 5.48 Å². The smallest absolute Gasteiger partial charge is 0.148 e. The van der Waals surface area contributed by atoms with E-state index in [2.05, 4.69) is 18.1 Å². The molecule has 0 amide bonds. The van der Waals surface area contributed by atoms with E-state index in [9.17, 15) is 0 Å². The number of hydrogen-bond donors (Lipinski definition) is 1. The van der Waals surface area contributed by atoms with Crippen LogP contribution in [-0.2, 0) is 4.84 Å². The number of rotatable bonds is 0. The number of fused-ring (bicyclic) bond motifs is 1. The molecule has 56 valence electrons. The summed E-state index contributed by atoms with van der Waals surface area (Å²) in [4.78, 5) is 5.02.